The zero-order valence-electron chi connectivity index (χ0n) is 14.0. The fourth-order valence-corrected chi connectivity index (χ4v) is 2.95. The van der Waals surface area contributed by atoms with Gasteiger partial charge in [0, 0.05) is 20.6 Å². The van der Waals surface area contributed by atoms with Crippen molar-refractivity contribution >= 4 is 16.9 Å². The van der Waals surface area contributed by atoms with E-state index in [1.165, 1.54) is 0 Å². The Morgan fingerprint density at radius 3 is 2.50 bits per heavy atom. The Balaban J connectivity index is 2.25. The van der Waals surface area contributed by atoms with Crippen LogP contribution in [-0.4, -0.2) is 34.0 Å². The lowest BCUT2D eigenvalue weighted by Gasteiger charge is -2.33. The highest BCUT2D eigenvalue weighted by Crippen LogP contribution is 2.28. The molecule has 0 fully saturated rings. The van der Waals surface area contributed by atoms with Crippen LogP contribution in [0.3, 0.4) is 0 Å². The number of aromatic nitrogens is 2. The molecule has 1 heterocycles. The van der Waals surface area contributed by atoms with Gasteiger partial charge in [-0.15, -0.1) is 0 Å². The second-order valence-corrected chi connectivity index (χ2v) is 5.93. The number of amides is 1. The average molecular weight is 302 g/mol. The van der Waals surface area contributed by atoms with Gasteiger partial charge in [0.25, 0.3) is 0 Å². The van der Waals surface area contributed by atoms with Crippen molar-refractivity contribution in [3.05, 3.63) is 30.1 Å². The first kappa shape index (κ1) is 16.5. The molecule has 0 radical (unpaired) electrons. The van der Waals surface area contributed by atoms with E-state index in [4.69, 9.17) is 5.73 Å². The van der Waals surface area contributed by atoms with E-state index in [0.717, 1.165) is 29.7 Å². The van der Waals surface area contributed by atoms with Gasteiger partial charge in [-0.2, -0.15) is 0 Å². The number of imidazole rings is 1. The van der Waals surface area contributed by atoms with E-state index in [0.29, 0.717) is 13.1 Å². The van der Waals surface area contributed by atoms with Crippen LogP contribution in [0.15, 0.2) is 24.3 Å². The van der Waals surface area contributed by atoms with Crippen LogP contribution in [0.4, 0.5) is 0 Å². The van der Waals surface area contributed by atoms with E-state index < -0.39 is 5.41 Å². The molecule has 2 N–H and O–H groups in total. The van der Waals surface area contributed by atoms with Crippen LogP contribution in [0, 0.1) is 5.41 Å². The lowest BCUT2D eigenvalue weighted by atomic mass is 9.81. The van der Waals surface area contributed by atoms with Gasteiger partial charge in [-0.05, 0) is 25.0 Å². The third-order valence-corrected chi connectivity index (χ3v) is 4.80. The van der Waals surface area contributed by atoms with E-state index in [1.807, 2.05) is 56.8 Å². The third kappa shape index (κ3) is 2.73. The van der Waals surface area contributed by atoms with Gasteiger partial charge in [-0.1, -0.05) is 26.0 Å². The number of hydrogen-bond acceptors (Lipinski definition) is 3. The lowest BCUT2D eigenvalue weighted by molar-refractivity contribution is -0.141. The number of aryl methyl sites for hydroxylation is 1. The molecule has 2 rings (SSSR count). The Kier molecular flexibility index (Phi) is 4.86. The molecular formula is C17H26N4O. The second-order valence-electron chi connectivity index (χ2n) is 5.93. The maximum absolute atomic E-state index is 12.8. The normalized spacial score (nSPS) is 11.9. The lowest BCUT2D eigenvalue weighted by Crippen LogP contribution is -2.46. The third-order valence-electron chi connectivity index (χ3n) is 4.80. The molecular weight excluding hydrogens is 276 g/mol. The van der Waals surface area contributed by atoms with Gasteiger partial charge >= 0.3 is 0 Å². The molecule has 0 aliphatic carbocycles. The van der Waals surface area contributed by atoms with Gasteiger partial charge in [-0.25, -0.2) is 4.98 Å². The highest BCUT2D eigenvalue weighted by Gasteiger charge is 2.35. The number of carbonyl (C=O) groups is 1. The molecule has 2 aromatic rings. The van der Waals surface area contributed by atoms with E-state index in [2.05, 4.69) is 4.98 Å². The van der Waals surface area contributed by atoms with E-state index in [-0.39, 0.29) is 5.91 Å². The number of carbonyl (C=O) groups excluding carboxylic acids is 1. The second kappa shape index (κ2) is 6.48. The van der Waals surface area contributed by atoms with Crippen molar-refractivity contribution in [3.63, 3.8) is 0 Å². The number of nitrogens with zero attached hydrogens (tertiary/aromatic N) is 3. The summed E-state index contributed by atoms with van der Waals surface area (Å²) in [5.74, 6) is 0.988. The maximum Gasteiger partial charge on any atom is 0.230 e. The molecule has 0 saturated carbocycles. The quantitative estimate of drug-likeness (QED) is 0.890. The largest absolute Gasteiger partial charge is 0.338 e. The fraction of sp³-hybridized carbons (Fsp3) is 0.529. The monoisotopic (exact) mass is 302 g/mol. The summed E-state index contributed by atoms with van der Waals surface area (Å²) in [7, 11) is 3.82. The average Bonchev–Trinajstić information content (AvgIpc) is 2.86. The summed E-state index contributed by atoms with van der Waals surface area (Å²) in [5, 5.41) is 0. The number of nitrogens with two attached hydrogens (primary N) is 1. The van der Waals surface area contributed by atoms with Crippen molar-refractivity contribution in [2.75, 3.05) is 13.6 Å². The molecule has 0 aliphatic heterocycles. The number of fused-ring (bicyclic) bond motifs is 1. The molecule has 1 amide bonds. The summed E-state index contributed by atoms with van der Waals surface area (Å²) in [6, 6.07) is 8.00. The Hall–Kier alpha value is -1.88. The summed E-state index contributed by atoms with van der Waals surface area (Å²) in [4.78, 5) is 19.2. The van der Waals surface area contributed by atoms with Crippen molar-refractivity contribution in [2.24, 2.45) is 18.2 Å². The van der Waals surface area contributed by atoms with Crippen LogP contribution in [-0.2, 0) is 18.4 Å². The van der Waals surface area contributed by atoms with Gasteiger partial charge in [0.2, 0.25) is 5.91 Å². The molecule has 0 saturated heterocycles. The Morgan fingerprint density at radius 2 is 1.95 bits per heavy atom. The first-order valence-corrected chi connectivity index (χ1v) is 7.85. The topological polar surface area (TPSA) is 64.2 Å². The molecule has 120 valence electrons. The smallest absolute Gasteiger partial charge is 0.230 e. The van der Waals surface area contributed by atoms with Crippen LogP contribution < -0.4 is 5.73 Å². The summed E-state index contributed by atoms with van der Waals surface area (Å²) in [5.41, 5.74) is 7.46. The zero-order valence-corrected chi connectivity index (χ0v) is 14.0. The predicted molar refractivity (Wildman–Crippen MR) is 89.3 cm³/mol. The van der Waals surface area contributed by atoms with E-state index >= 15 is 0 Å². The number of hydrogen-bond donors (Lipinski definition) is 1. The van der Waals surface area contributed by atoms with Crippen LogP contribution in [0.25, 0.3) is 11.0 Å². The van der Waals surface area contributed by atoms with Crippen LogP contribution >= 0.6 is 0 Å². The fourth-order valence-electron chi connectivity index (χ4n) is 2.95. The van der Waals surface area contributed by atoms with Gasteiger partial charge in [0.1, 0.15) is 5.82 Å². The summed E-state index contributed by atoms with van der Waals surface area (Å²) >= 11 is 0. The van der Waals surface area contributed by atoms with Crippen molar-refractivity contribution in [2.45, 2.75) is 33.2 Å². The maximum atomic E-state index is 12.8. The van der Waals surface area contributed by atoms with Crippen LogP contribution in [0.1, 0.15) is 32.5 Å². The Labute approximate surface area is 132 Å². The molecule has 1 aromatic carbocycles. The summed E-state index contributed by atoms with van der Waals surface area (Å²) in [6.45, 7) is 4.92. The highest BCUT2D eigenvalue weighted by atomic mass is 16.2. The molecule has 0 aliphatic rings. The molecule has 22 heavy (non-hydrogen) atoms. The molecule has 0 unspecified atom stereocenters. The molecule has 1 aromatic heterocycles. The first-order chi connectivity index (χ1) is 10.5. The summed E-state index contributed by atoms with van der Waals surface area (Å²) in [6.07, 6.45) is 1.51. The molecule has 5 nitrogen and oxygen atoms in total. The van der Waals surface area contributed by atoms with Crippen LogP contribution in [0.2, 0.25) is 0 Å². The van der Waals surface area contributed by atoms with Gasteiger partial charge < -0.3 is 15.2 Å². The van der Waals surface area contributed by atoms with Crippen molar-refractivity contribution in [1.29, 1.82) is 0 Å². The van der Waals surface area contributed by atoms with Crippen molar-refractivity contribution in [1.82, 2.24) is 14.5 Å². The van der Waals surface area contributed by atoms with Crippen molar-refractivity contribution in [3.8, 4) is 0 Å². The molecule has 0 spiro atoms. The zero-order chi connectivity index (χ0) is 16.3. The Bertz CT molecular complexity index is 649. The van der Waals surface area contributed by atoms with Gasteiger partial charge in [0.05, 0.1) is 23.0 Å². The highest BCUT2D eigenvalue weighted by molar-refractivity contribution is 5.83. The summed E-state index contributed by atoms with van der Waals surface area (Å²) < 4.78 is 2.04. The number of benzene rings is 1. The number of para-hydroxylation sites is 2. The molecule has 0 atom stereocenters. The van der Waals surface area contributed by atoms with Gasteiger partial charge in [-0.3, -0.25) is 4.79 Å². The van der Waals surface area contributed by atoms with Gasteiger partial charge in [0.15, 0.2) is 0 Å². The van der Waals surface area contributed by atoms with E-state index in [1.54, 1.807) is 4.90 Å². The predicted octanol–water partition coefficient (Wildman–Crippen LogP) is 2.30. The van der Waals surface area contributed by atoms with E-state index in [9.17, 15) is 4.79 Å². The minimum absolute atomic E-state index is 0.104. The van der Waals surface area contributed by atoms with Crippen molar-refractivity contribution < 1.29 is 4.79 Å². The molecule has 0 bridgehead atoms. The number of rotatable bonds is 6. The standard InChI is InChI=1S/C17H26N4O/c1-5-17(6-2,12-18)16(22)20(3)11-15-19-13-9-7-8-10-14(13)21(15)4/h7-10H,5-6,11-12,18H2,1-4H3. The minimum atomic E-state index is -0.459. The Morgan fingerprint density at radius 1 is 1.32 bits per heavy atom. The minimum Gasteiger partial charge on any atom is -0.338 e. The first-order valence-electron chi connectivity index (χ1n) is 7.85. The van der Waals surface area contributed by atoms with Crippen LogP contribution in [0.5, 0.6) is 0 Å². The SMILES string of the molecule is CCC(CC)(CN)C(=O)N(C)Cc1nc2ccccc2n1C. The molecule has 5 heteroatoms.